The van der Waals surface area contributed by atoms with Gasteiger partial charge in [0.15, 0.2) is 0 Å². The Morgan fingerprint density at radius 2 is 1.69 bits per heavy atom. The van der Waals surface area contributed by atoms with Gasteiger partial charge in [-0.1, -0.05) is 36.4 Å². The van der Waals surface area contributed by atoms with E-state index in [0.29, 0.717) is 0 Å². The van der Waals surface area contributed by atoms with Gasteiger partial charge in [-0.05, 0) is 63.9 Å². The number of para-hydroxylation sites is 1. The standard InChI is InChI=1S/C24H27N3OS/c1-16-10-9-11-17(2)23(16)27-18(3)14-21(19(27)4)15-25-26-24(28)20(5)29-22-12-7-6-8-13-22/h6-15,20H,1-5H3,(H,26,28)/b25-15+. The second-order valence-electron chi connectivity index (χ2n) is 7.21. The molecule has 2 aromatic carbocycles. The summed E-state index contributed by atoms with van der Waals surface area (Å²) in [5.41, 5.74) is 9.58. The van der Waals surface area contributed by atoms with Gasteiger partial charge < -0.3 is 4.57 Å². The minimum Gasteiger partial charge on any atom is -0.317 e. The summed E-state index contributed by atoms with van der Waals surface area (Å²) in [6.07, 6.45) is 1.73. The lowest BCUT2D eigenvalue weighted by Gasteiger charge is -2.15. The number of nitrogens with one attached hydrogen (secondary N) is 1. The maximum Gasteiger partial charge on any atom is 0.253 e. The fourth-order valence-electron chi connectivity index (χ4n) is 3.43. The average Bonchev–Trinajstić information content (AvgIpc) is 2.96. The number of aryl methyl sites for hydroxylation is 3. The number of hydrogen-bond acceptors (Lipinski definition) is 3. The molecule has 5 heteroatoms. The topological polar surface area (TPSA) is 46.4 Å². The predicted octanol–water partition coefficient (Wildman–Crippen LogP) is 5.34. The maximum absolute atomic E-state index is 12.4. The number of carbonyl (C=O) groups is 1. The number of amides is 1. The van der Waals surface area contributed by atoms with E-state index >= 15 is 0 Å². The van der Waals surface area contributed by atoms with Crippen LogP contribution in [-0.4, -0.2) is 21.9 Å². The highest BCUT2D eigenvalue weighted by Crippen LogP contribution is 2.25. The van der Waals surface area contributed by atoms with Crippen molar-refractivity contribution in [2.45, 2.75) is 44.8 Å². The molecule has 3 rings (SSSR count). The normalized spacial score (nSPS) is 12.3. The van der Waals surface area contributed by atoms with Gasteiger partial charge in [-0.15, -0.1) is 11.8 Å². The molecule has 1 atom stereocenters. The third-order valence-corrected chi connectivity index (χ3v) is 6.05. The molecule has 1 heterocycles. The van der Waals surface area contributed by atoms with Crippen LogP contribution in [0.2, 0.25) is 0 Å². The summed E-state index contributed by atoms with van der Waals surface area (Å²) in [6.45, 7) is 10.3. The van der Waals surface area contributed by atoms with Crippen molar-refractivity contribution in [3.63, 3.8) is 0 Å². The van der Waals surface area contributed by atoms with Gasteiger partial charge in [-0.3, -0.25) is 4.79 Å². The van der Waals surface area contributed by atoms with E-state index in [9.17, 15) is 4.79 Å². The van der Waals surface area contributed by atoms with Crippen molar-refractivity contribution in [3.05, 3.63) is 82.7 Å². The number of aromatic nitrogens is 1. The van der Waals surface area contributed by atoms with E-state index in [1.165, 1.54) is 28.6 Å². The first-order chi connectivity index (χ1) is 13.9. The number of carbonyl (C=O) groups excluding carboxylic acids is 1. The molecule has 0 aliphatic carbocycles. The minimum absolute atomic E-state index is 0.112. The van der Waals surface area contributed by atoms with Crippen LogP contribution >= 0.6 is 11.8 Å². The first-order valence-electron chi connectivity index (χ1n) is 9.68. The van der Waals surface area contributed by atoms with Crippen LogP contribution in [0.3, 0.4) is 0 Å². The number of thioether (sulfide) groups is 1. The van der Waals surface area contributed by atoms with Gasteiger partial charge >= 0.3 is 0 Å². The van der Waals surface area contributed by atoms with Crippen molar-refractivity contribution in [3.8, 4) is 5.69 Å². The van der Waals surface area contributed by atoms with Gasteiger partial charge in [0.05, 0.1) is 17.2 Å². The SMILES string of the molecule is Cc1cccc(C)c1-n1c(C)cc(/C=N/NC(=O)C(C)Sc2ccccc2)c1C. The van der Waals surface area contributed by atoms with Gasteiger partial charge in [0.2, 0.25) is 0 Å². The van der Waals surface area contributed by atoms with E-state index in [-0.39, 0.29) is 11.2 Å². The van der Waals surface area contributed by atoms with E-state index in [0.717, 1.165) is 21.8 Å². The second kappa shape index (κ2) is 9.14. The van der Waals surface area contributed by atoms with Crippen LogP contribution in [-0.2, 0) is 4.79 Å². The van der Waals surface area contributed by atoms with Gasteiger partial charge in [-0.2, -0.15) is 5.10 Å². The summed E-state index contributed by atoms with van der Waals surface area (Å²) in [4.78, 5) is 13.4. The van der Waals surface area contributed by atoms with Gasteiger partial charge in [0.1, 0.15) is 0 Å². The quantitative estimate of drug-likeness (QED) is 0.342. The molecular weight excluding hydrogens is 378 g/mol. The fourth-order valence-corrected chi connectivity index (χ4v) is 4.32. The Labute approximate surface area is 177 Å². The molecule has 0 radical (unpaired) electrons. The summed E-state index contributed by atoms with van der Waals surface area (Å²) in [7, 11) is 0. The monoisotopic (exact) mass is 405 g/mol. The second-order valence-corrected chi connectivity index (χ2v) is 8.62. The highest BCUT2D eigenvalue weighted by Gasteiger charge is 2.15. The lowest BCUT2D eigenvalue weighted by atomic mass is 10.1. The third kappa shape index (κ3) is 4.80. The number of hydrogen-bond donors (Lipinski definition) is 1. The molecular formula is C24H27N3OS. The van der Waals surface area contributed by atoms with Gasteiger partial charge in [0.25, 0.3) is 5.91 Å². The largest absolute Gasteiger partial charge is 0.317 e. The zero-order chi connectivity index (χ0) is 21.0. The first kappa shape index (κ1) is 20.9. The van der Waals surface area contributed by atoms with Crippen molar-refractivity contribution in [2.24, 2.45) is 5.10 Å². The third-order valence-electron chi connectivity index (χ3n) is 4.94. The van der Waals surface area contributed by atoms with Crippen molar-refractivity contribution >= 4 is 23.9 Å². The van der Waals surface area contributed by atoms with E-state index < -0.39 is 0 Å². The molecule has 0 bridgehead atoms. The molecule has 1 aromatic heterocycles. The van der Waals surface area contributed by atoms with Crippen molar-refractivity contribution in [1.29, 1.82) is 0 Å². The van der Waals surface area contributed by atoms with Crippen LogP contribution in [0, 0.1) is 27.7 Å². The van der Waals surface area contributed by atoms with Crippen LogP contribution in [0.1, 0.15) is 35.0 Å². The van der Waals surface area contributed by atoms with Gasteiger partial charge in [0, 0.05) is 21.8 Å². The Kier molecular flexibility index (Phi) is 6.60. The number of hydrazone groups is 1. The molecule has 150 valence electrons. The molecule has 4 nitrogen and oxygen atoms in total. The Bertz CT molecular complexity index is 1020. The molecule has 3 aromatic rings. The Morgan fingerprint density at radius 1 is 1.03 bits per heavy atom. The summed E-state index contributed by atoms with van der Waals surface area (Å²) in [5, 5.41) is 3.98. The fraction of sp³-hybridized carbons (Fsp3) is 0.250. The molecule has 0 saturated heterocycles. The van der Waals surface area contributed by atoms with E-state index in [4.69, 9.17) is 0 Å². The number of rotatable bonds is 6. The Morgan fingerprint density at radius 3 is 2.34 bits per heavy atom. The molecule has 0 saturated carbocycles. The molecule has 1 amide bonds. The summed E-state index contributed by atoms with van der Waals surface area (Å²) in [6, 6.07) is 18.3. The van der Waals surface area contributed by atoms with Crippen molar-refractivity contribution < 1.29 is 4.79 Å². The van der Waals surface area contributed by atoms with Crippen molar-refractivity contribution in [1.82, 2.24) is 9.99 Å². The van der Waals surface area contributed by atoms with Crippen molar-refractivity contribution in [2.75, 3.05) is 0 Å². The number of nitrogens with zero attached hydrogens (tertiary/aromatic N) is 2. The highest BCUT2D eigenvalue weighted by atomic mass is 32.2. The molecule has 0 spiro atoms. The molecule has 1 N–H and O–H groups in total. The summed E-state index contributed by atoms with van der Waals surface area (Å²) < 4.78 is 2.25. The van der Waals surface area contributed by atoms with Crippen LogP contribution in [0.15, 0.2) is 64.6 Å². The van der Waals surface area contributed by atoms with E-state index in [2.05, 4.69) is 67.1 Å². The lowest BCUT2D eigenvalue weighted by Crippen LogP contribution is -2.26. The van der Waals surface area contributed by atoms with E-state index in [1.807, 2.05) is 37.3 Å². The average molecular weight is 406 g/mol. The zero-order valence-corrected chi connectivity index (χ0v) is 18.4. The molecule has 0 aliphatic heterocycles. The van der Waals surface area contributed by atoms with E-state index in [1.54, 1.807) is 6.21 Å². The maximum atomic E-state index is 12.4. The smallest absolute Gasteiger partial charge is 0.253 e. The van der Waals surface area contributed by atoms with Crippen LogP contribution in [0.25, 0.3) is 5.69 Å². The Hall–Kier alpha value is -2.79. The van der Waals surface area contributed by atoms with Crippen LogP contribution in [0.4, 0.5) is 0 Å². The highest BCUT2D eigenvalue weighted by molar-refractivity contribution is 8.00. The molecule has 0 fully saturated rings. The lowest BCUT2D eigenvalue weighted by molar-refractivity contribution is -0.120. The summed E-state index contributed by atoms with van der Waals surface area (Å²) in [5.74, 6) is -0.112. The molecule has 29 heavy (non-hydrogen) atoms. The zero-order valence-electron chi connectivity index (χ0n) is 17.6. The number of benzene rings is 2. The van der Waals surface area contributed by atoms with Crippen LogP contribution in [0.5, 0.6) is 0 Å². The molecule has 0 aliphatic rings. The molecule has 1 unspecified atom stereocenters. The minimum atomic E-state index is -0.225. The van der Waals surface area contributed by atoms with Gasteiger partial charge in [-0.25, -0.2) is 5.43 Å². The van der Waals surface area contributed by atoms with Crippen LogP contribution < -0.4 is 5.43 Å². The predicted molar refractivity (Wildman–Crippen MR) is 122 cm³/mol. The first-order valence-corrected chi connectivity index (χ1v) is 10.6. The summed E-state index contributed by atoms with van der Waals surface area (Å²) >= 11 is 1.52. The Balaban J connectivity index is 1.72.